The first kappa shape index (κ1) is 18.1. The van der Waals surface area contributed by atoms with E-state index in [0.717, 1.165) is 5.56 Å². The summed E-state index contributed by atoms with van der Waals surface area (Å²) in [6.45, 7) is 4.85. The van der Waals surface area contributed by atoms with E-state index in [9.17, 15) is 4.79 Å². The van der Waals surface area contributed by atoms with Crippen LogP contribution in [0.25, 0.3) is 5.65 Å². The third kappa shape index (κ3) is 3.63. The summed E-state index contributed by atoms with van der Waals surface area (Å²) in [6.07, 6.45) is 2.23. The average Bonchev–Trinajstić information content (AvgIpc) is 2.99. The Morgan fingerprint density at radius 2 is 1.96 bits per heavy atom. The first-order valence-corrected chi connectivity index (χ1v) is 8.83. The number of hydrogen-bond acceptors (Lipinski definition) is 4. The highest BCUT2D eigenvalue weighted by Crippen LogP contribution is 2.26. The number of Topliss-reactive ketones (excluding diaryl/α,β-unsaturated/α-hetero) is 1. The lowest BCUT2D eigenvalue weighted by atomic mass is 9.93. The van der Waals surface area contributed by atoms with Gasteiger partial charge in [-0.15, -0.1) is 0 Å². The van der Waals surface area contributed by atoms with Crippen molar-refractivity contribution in [2.24, 2.45) is 0 Å². The van der Waals surface area contributed by atoms with Crippen molar-refractivity contribution in [2.75, 3.05) is 20.3 Å². The molecule has 0 saturated heterocycles. The molecule has 136 valence electrons. The molecule has 0 radical (unpaired) electrons. The lowest BCUT2D eigenvalue weighted by Crippen LogP contribution is -2.14. The normalized spacial score (nSPS) is 12.3. The average molecular weight is 352 g/mol. The van der Waals surface area contributed by atoms with Crippen LogP contribution in [0.4, 0.5) is 0 Å². The maximum Gasteiger partial charge on any atom is 0.182 e. The largest absolute Gasteiger partial charge is 0.490 e. The van der Waals surface area contributed by atoms with E-state index in [1.807, 2.05) is 66.9 Å². The lowest BCUT2D eigenvalue weighted by Gasteiger charge is -2.16. The molecule has 0 amide bonds. The number of rotatable bonds is 8. The molecule has 1 atom stereocenters. The van der Waals surface area contributed by atoms with Crippen LogP contribution in [0.2, 0.25) is 0 Å². The van der Waals surface area contributed by atoms with Gasteiger partial charge in [-0.1, -0.05) is 30.3 Å². The number of benzene rings is 1. The fourth-order valence-corrected chi connectivity index (χ4v) is 3.28. The highest BCUT2D eigenvalue weighted by Gasteiger charge is 2.23. The van der Waals surface area contributed by atoms with Crippen molar-refractivity contribution in [3.05, 3.63) is 65.6 Å². The Hall–Kier alpha value is -2.66. The highest BCUT2D eigenvalue weighted by atomic mass is 16.5. The monoisotopic (exact) mass is 352 g/mol. The van der Waals surface area contributed by atoms with Gasteiger partial charge in [0.25, 0.3) is 0 Å². The maximum atomic E-state index is 13.1. The molecule has 26 heavy (non-hydrogen) atoms. The Bertz CT molecular complexity index is 887. The van der Waals surface area contributed by atoms with Crippen LogP contribution in [0.3, 0.4) is 0 Å². The molecule has 5 nitrogen and oxygen atoms in total. The minimum Gasteiger partial charge on any atom is -0.490 e. The van der Waals surface area contributed by atoms with E-state index in [0.29, 0.717) is 42.4 Å². The zero-order valence-corrected chi connectivity index (χ0v) is 15.4. The number of aryl methyl sites for hydroxylation is 1. The quantitative estimate of drug-likeness (QED) is 0.574. The van der Waals surface area contributed by atoms with E-state index in [2.05, 4.69) is 4.98 Å². The molecule has 0 spiro atoms. The molecular weight excluding hydrogens is 328 g/mol. The van der Waals surface area contributed by atoms with Gasteiger partial charge in [0.05, 0.1) is 18.9 Å². The third-order valence-electron chi connectivity index (χ3n) is 4.42. The number of aromatic nitrogens is 2. The van der Waals surface area contributed by atoms with Gasteiger partial charge in [0.15, 0.2) is 17.2 Å². The van der Waals surface area contributed by atoms with Gasteiger partial charge in [-0.05, 0) is 31.5 Å². The summed E-state index contributed by atoms with van der Waals surface area (Å²) in [5, 5.41) is 0. The SMILES string of the molecule is CCOc1cccn2c(C(=O)C[C@@H](COC)c3ccccc3)c(C)nc12. The van der Waals surface area contributed by atoms with Crippen molar-refractivity contribution < 1.29 is 14.3 Å². The number of ether oxygens (including phenoxy) is 2. The fraction of sp³-hybridized carbons (Fsp3) is 0.333. The van der Waals surface area contributed by atoms with Crippen LogP contribution >= 0.6 is 0 Å². The number of carbonyl (C=O) groups is 1. The molecule has 0 aliphatic rings. The van der Waals surface area contributed by atoms with E-state index >= 15 is 0 Å². The topological polar surface area (TPSA) is 52.8 Å². The molecule has 5 heteroatoms. The van der Waals surface area contributed by atoms with Crippen LogP contribution in [0, 0.1) is 6.92 Å². The molecular formula is C21H24N2O3. The number of carbonyl (C=O) groups excluding carboxylic acids is 1. The van der Waals surface area contributed by atoms with Crippen molar-refractivity contribution >= 4 is 11.4 Å². The molecule has 0 fully saturated rings. The molecule has 0 aliphatic heterocycles. The Kier molecular flexibility index (Phi) is 5.68. The van der Waals surface area contributed by atoms with Crippen LogP contribution < -0.4 is 4.74 Å². The summed E-state index contributed by atoms with van der Waals surface area (Å²) in [4.78, 5) is 17.7. The molecule has 3 aromatic rings. The number of pyridine rings is 1. The minimum atomic E-state index is 0.00808. The zero-order chi connectivity index (χ0) is 18.5. The Labute approximate surface area is 153 Å². The first-order chi connectivity index (χ1) is 12.7. The Morgan fingerprint density at radius 3 is 2.65 bits per heavy atom. The molecule has 0 saturated carbocycles. The molecule has 2 heterocycles. The van der Waals surface area contributed by atoms with Crippen molar-refractivity contribution in [1.82, 2.24) is 9.38 Å². The minimum absolute atomic E-state index is 0.00808. The van der Waals surface area contributed by atoms with Gasteiger partial charge in [0.2, 0.25) is 0 Å². The lowest BCUT2D eigenvalue weighted by molar-refractivity contribution is 0.0940. The number of hydrogen-bond donors (Lipinski definition) is 0. The zero-order valence-electron chi connectivity index (χ0n) is 15.4. The summed E-state index contributed by atoms with van der Waals surface area (Å²) >= 11 is 0. The van der Waals surface area contributed by atoms with E-state index in [1.165, 1.54) is 0 Å². The van der Waals surface area contributed by atoms with Gasteiger partial charge in [-0.2, -0.15) is 0 Å². The fourth-order valence-electron chi connectivity index (χ4n) is 3.28. The second-order valence-corrected chi connectivity index (χ2v) is 6.24. The van der Waals surface area contributed by atoms with Crippen LogP contribution in [-0.4, -0.2) is 35.5 Å². The molecule has 1 aromatic carbocycles. The van der Waals surface area contributed by atoms with Gasteiger partial charge in [0.1, 0.15) is 5.69 Å². The molecule has 2 aromatic heterocycles. The van der Waals surface area contributed by atoms with Crippen LogP contribution in [0.5, 0.6) is 5.75 Å². The van der Waals surface area contributed by atoms with Gasteiger partial charge in [-0.3, -0.25) is 9.20 Å². The third-order valence-corrected chi connectivity index (χ3v) is 4.42. The smallest absolute Gasteiger partial charge is 0.182 e. The summed E-state index contributed by atoms with van der Waals surface area (Å²) in [5.41, 5.74) is 3.10. The molecule has 3 rings (SSSR count). The van der Waals surface area contributed by atoms with Crippen LogP contribution in [0.15, 0.2) is 48.7 Å². The van der Waals surface area contributed by atoms with Crippen LogP contribution in [-0.2, 0) is 4.74 Å². The van der Waals surface area contributed by atoms with Crippen molar-refractivity contribution in [3.63, 3.8) is 0 Å². The van der Waals surface area contributed by atoms with E-state index in [1.54, 1.807) is 7.11 Å². The van der Waals surface area contributed by atoms with E-state index < -0.39 is 0 Å². The van der Waals surface area contributed by atoms with Crippen molar-refractivity contribution in [3.8, 4) is 5.75 Å². The van der Waals surface area contributed by atoms with Gasteiger partial charge in [0, 0.05) is 25.6 Å². The number of imidazole rings is 1. The number of ketones is 1. The molecule has 0 unspecified atom stereocenters. The van der Waals surface area contributed by atoms with E-state index in [-0.39, 0.29) is 11.7 Å². The summed E-state index contributed by atoms with van der Waals surface area (Å²) in [6, 6.07) is 13.7. The number of nitrogens with zero attached hydrogens (tertiary/aromatic N) is 2. The second kappa shape index (κ2) is 8.15. The highest BCUT2D eigenvalue weighted by molar-refractivity contribution is 5.97. The Morgan fingerprint density at radius 1 is 1.19 bits per heavy atom. The van der Waals surface area contributed by atoms with Crippen molar-refractivity contribution in [2.45, 2.75) is 26.2 Å². The second-order valence-electron chi connectivity index (χ2n) is 6.24. The summed E-state index contributed by atoms with van der Waals surface area (Å²) in [5.74, 6) is 0.747. The summed E-state index contributed by atoms with van der Waals surface area (Å²) in [7, 11) is 1.66. The summed E-state index contributed by atoms with van der Waals surface area (Å²) < 4.78 is 12.8. The first-order valence-electron chi connectivity index (χ1n) is 8.83. The predicted molar refractivity (Wildman–Crippen MR) is 101 cm³/mol. The van der Waals surface area contributed by atoms with Gasteiger partial charge in [-0.25, -0.2) is 4.98 Å². The molecule has 0 aliphatic carbocycles. The molecule has 0 bridgehead atoms. The van der Waals surface area contributed by atoms with Crippen LogP contribution in [0.1, 0.15) is 41.0 Å². The van der Waals surface area contributed by atoms with Crippen molar-refractivity contribution in [1.29, 1.82) is 0 Å². The number of methoxy groups -OCH3 is 1. The van der Waals surface area contributed by atoms with Gasteiger partial charge >= 0.3 is 0 Å². The van der Waals surface area contributed by atoms with Gasteiger partial charge < -0.3 is 9.47 Å². The Balaban J connectivity index is 1.94. The molecule has 0 N–H and O–H groups in total. The van der Waals surface area contributed by atoms with E-state index in [4.69, 9.17) is 9.47 Å². The number of fused-ring (bicyclic) bond motifs is 1. The standard InChI is InChI=1S/C21H24N2O3/c1-4-26-19-11-8-12-23-20(15(2)22-21(19)23)18(24)13-17(14-25-3)16-9-6-5-7-10-16/h5-12,17H,4,13-14H2,1-3H3/t17-/m0/s1. The predicted octanol–water partition coefficient (Wildman–Crippen LogP) is 4.04. The maximum absolute atomic E-state index is 13.1.